The van der Waals surface area contributed by atoms with Crippen LogP contribution in [0.3, 0.4) is 0 Å². The molecule has 3 N–H and O–H groups in total. The van der Waals surface area contributed by atoms with Crippen molar-refractivity contribution < 1.29 is 23.5 Å². The average Bonchev–Trinajstić information content (AvgIpc) is 3.47. The lowest BCUT2D eigenvalue weighted by Crippen LogP contribution is -2.51. The van der Waals surface area contributed by atoms with Crippen LogP contribution in [0.4, 0.5) is 15.0 Å². The second kappa shape index (κ2) is 14.7. The molecule has 2 heterocycles. The van der Waals surface area contributed by atoms with Crippen LogP contribution in [0.15, 0.2) is 60.7 Å². The Morgan fingerprint density at radius 1 is 1.13 bits per heavy atom. The van der Waals surface area contributed by atoms with Crippen molar-refractivity contribution in [3.63, 3.8) is 0 Å². The molecule has 3 aromatic rings. The number of aromatic nitrogens is 1. The van der Waals surface area contributed by atoms with Crippen molar-refractivity contribution in [2.75, 3.05) is 25.0 Å². The van der Waals surface area contributed by atoms with Crippen molar-refractivity contribution in [1.82, 2.24) is 20.5 Å². The van der Waals surface area contributed by atoms with E-state index in [1.54, 1.807) is 69.0 Å². The van der Waals surface area contributed by atoms with E-state index in [0.717, 1.165) is 12.0 Å². The first-order valence-electron chi connectivity index (χ1n) is 15.0. The SMILES string of the molecule is C[C@H](NC(=O)OC(C)(C)C)C(=O)N1CCC[C@@H]1CNC(=O)c1ccc(-c2ccccc2C#N)nc1NCCc1cccc(F)c1. The van der Waals surface area contributed by atoms with E-state index in [0.29, 0.717) is 54.1 Å². The van der Waals surface area contributed by atoms with Gasteiger partial charge in [-0.2, -0.15) is 5.26 Å². The molecule has 2 atom stereocenters. The topological polar surface area (TPSA) is 136 Å². The van der Waals surface area contributed by atoms with Gasteiger partial charge in [-0.25, -0.2) is 14.2 Å². The first-order chi connectivity index (χ1) is 21.4. The summed E-state index contributed by atoms with van der Waals surface area (Å²) >= 11 is 0. The van der Waals surface area contributed by atoms with Crippen molar-refractivity contribution in [1.29, 1.82) is 5.26 Å². The number of halogens is 1. The van der Waals surface area contributed by atoms with E-state index in [4.69, 9.17) is 9.72 Å². The molecule has 1 aromatic heterocycles. The van der Waals surface area contributed by atoms with Gasteiger partial charge in [0.1, 0.15) is 23.3 Å². The maximum Gasteiger partial charge on any atom is 0.408 e. The van der Waals surface area contributed by atoms with E-state index in [1.807, 2.05) is 12.1 Å². The zero-order valence-electron chi connectivity index (χ0n) is 26.0. The summed E-state index contributed by atoms with van der Waals surface area (Å²) in [6, 6.07) is 17.9. The summed E-state index contributed by atoms with van der Waals surface area (Å²) in [5.74, 6) is -0.631. The second-order valence-electron chi connectivity index (χ2n) is 12.0. The van der Waals surface area contributed by atoms with Gasteiger partial charge < -0.3 is 25.6 Å². The van der Waals surface area contributed by atoms with Crippen LogP contribution >= 0.6 is 0 Å². The number of nitriles is 1. The van der Waals surface area contributed by atoms with Crippen LogP contribution in [0.2, 0.25) is 0 Å². The van der Waals surface area contributed by atoms with Crippen molar-refractivity contribution in [3.8, 4) is 17.3 Å². The number of benzene rings is 2. The summed E-state index contributed by atoms with van der Waals surface area (Å²) < 4.78 is 19.0. The molecule has 45 heavy (non-hydrogen) atoms. The molecule has 1 aliphatic heterocycles. The van der Waals surface area contributed by atoms with Crippen LogP contribution in [0.25, 0.3) is 11.3 Å². The number of amides is 3. The number of anilines is 1. The molecule has 0 radical (unpaired) electrons. The number of carbonyl (C=O) groups is 3. The van der Waals surface area contributed by atoms with Crippen LogP contribution in [0, 0.1) is 17.1 Å². The van der Waals surface area contributed by atoms with E-state index in [1.165, 1.54) is 12.1 Å². The number of ether oxygens (including phenoxy) is 1. The third kappa shape index (κ3) is 9.01. The highest BCUT2D eigenvalue weighted by atomic mass is 19.1. The highest BCUT2D eigenvalue weighted by Gasteiger charge is 2.33. The zero-order chi connectivity index (χ0) is 32.6. The zero-order valence-corrected chi connectivity index (χ0v) is 26.0. The fourth-order valence-corrected chi connectivity index (χ4v) is 5.19. The number of nitrogens with zero attached hydrogens (tertiary/aromatic N) is 3. The lowest BCUT2D eigenvalue weighted by atomic mass is 10.0. The largest absolute Gasteiger partial charge is 0.444 e. The Morgan fingerprint density at radius 3 is 2.64 bits per heavy atom. The molecule has 2 aromatic carbocycles. The number of carbonyl (C=O) groups excluding carboxylic acids is 3. The third-order valence-electron chi connectivity index (χ3n) is 7.32. The summed E-state index contributed by atoms with van der Waals surface area (Å²) in [7, 11) is 0. The molecule has 0 bridgehead atoms. The molecule has 236 valence electrons. The van der Waals surface area contributed by atoms with Crippen LogP contribution in [0.1, 0.15) is 62.0 Å². The van der Waals surface area contributed by atoms with Gasteiger partial charge in [-0.05, 0) is 82.9 Å². The highest BCUT2D eigenvalue weighted by molar-refractivity contribution is 5.99. The summed E-state index contributed by atoms with van der Waals surface area (Å²) in [6.07, 6.45) is 1.30. The summed E-state index contributed by atoms with van der Waals surface area (Å²) in [6.45, 7) is 7.97. The van der Waals surface area contributed by atoms with E-state index >= 15 is 0 Å². The fourth-order valence-electron chi connectivity index (χ4n) is 5.19. The van der Waals surface area contributed by atoms with Crippen LogP contribution in [-0.2, 0) is 16.0 Å². The monoisotopic (exact) mass is 614 g/mol. The van der Waals surface area contributed by atoms with Gasteiger partial charge in [-0.3, -0.25) is 9.59 Å². The number of likely N-dealkylation sites (tertiary alicyclic amines) is 1. The first-order valence-corrected chi connectivity index (χ1v) is 15.0. The molecule has 0 saturated carbocycles. The summed E-state index contributed by atoms with van der Waals surface area (Å²) in [5.41, 5.74) is 2.01. The van der Waals surface area contributed by atoms with Gasteiger partial charge in [-0.1, -0.05) is 30.3 Å². The maximum absolute atomic E-state index is 13.7. The lowest BCUT2D eigenvalue weighted by Gasteiger charge is -2.28. The van der Waals surface area contributed by atoms with E-state index < -0.39 is 17.7 Å². The smallest absolute Gasteiger partial charge is 0.408 e. The van der Waals surface area contributed by atoms with Gasteiger partial charge in [0.15, 0.2) is 0 Å². The number of alkyl carbamates (subject to hydrolysis) is 1. The Hall–Kier alpha value is -4.98. The van der Waals surface area contributed by atoms with Gasteiger partial charge in [-0.15, -0.1) is 0 Å². The predicted octanol–water partition coefficient (Wildman–Crippen LogP) is 5.05. The number of rotatable bonds is 10. The Labute approximate surface area is 263 Å². The molecule has 1 aliphatic rings. The molecule has 0 aliphatic carbocycles. The normalized spacial score (nSPS) is 15.1. The average molecular weight is 615 g/mol. The number of pyridine rings is 1. The van der Waals surface area contributed by atoms with Crippen molar-refractivity contribution in [2.45, 2.75) is 64.6 Å². The molecule has 11 heteroatoms. The molecule has 4 rings (SSSR count). The Kier molecular flexibility index (Phi) is 10.7. The predicted molar refractivity (Wildman–Crippen MR) is 169 cm³/mol. The molecule has 0 spiro atoms. The summed E-state index contributed by atoms with van der Waals surface area (Å²) in [4.78, 5) is 45.2. The Morgan fingerprint density at radius 2 is 1.91 bits per heavy atom. The van der Waals surface area contributed by atoms with Gasteiger partial charge >= 0.3 is 6.09 Å². The first kappa shape index (κ1) is 32.9. The number of nitrogens with one attached hydrogen (secondary N) is 3. The van der Waals surface area contributed by atoms with Gasteiger partial charge in [0.05, 0.1) is 22.9 Å². The van der Waals surface area contributed by atoms with E-state index in [-0.39, 0.29) is 30.2 Å². The van der Waals surface area contributed by atoms with Crippen molar-refractivity contribution in [3.05, 3.63) is 83.2 Å². The number of hydrogen-bond donors (Lipinski definition) is 3. The highest BCUT2D eigenvalue weighted by Crippen LogP contribution is 2.25. The van der Waals surface area contributed by atoms with E-state index in [9.17, 15) is 24.0 Å². The van der Waals surface area contributed by atoms with Gasteiger partial charge in [0.2, 0.25) is 5.91 Å². The van der Waals surface area contributed by atoms with Gasteiger partial charge in [0.25, 0.3) is 5.91 Å². The molecular formula is C34H39FN6O4. The van der Waals surface area contributed by atoms with Gasteiger partial charge in [0, 0.05) is 31.2 Å². The molecule has 3 amide bonds. The van der Waals surface area contributed by atoms with Crippen molar-refractivity contribution in [2.24, 2.45) is 0 Å². The molecule has 1 saturated heterocycles. The minimum Gasteiger partial charge on any atom is -0.444 e. The Bertz CT molecular complexity index is 1580. The molecule has 0 unspecified atom stereocenters. The standard InChI is InChI=1S/C34H39FN6O4/c1-22(39-33(44)45-34(2,3)4)32(43)41-18-8-12-26(41)21-38-31(42)28-14-15-29(27-13-6-5-10-24(27)20-36)40-30(28)37-17-16-23-9-7-11-25(35)19-23/h5-7,9-11,13-15,19,22,26H,8,12,16-18,21H2,1-4H3,(H,37,40)(H,38,42)(H,39,44)/t22-,26+/m0/s1. The van der Waals surface area contributed by atoms with Crippen molar-refractivity contribution >= 4 is 23.7 Å². The lowest BCUT2D eigenvalue weighted by molar-refractivity contribution is -0.133. The number of hydrogen-bond acceptors (Lipinski definition) is 7. The maximum atomic E-state index is 13.7. The van der Waals surface area contributed by atoms with E-state index in [2.05, 4.69) is 22.0 Å². The molecule has 10 nitrogen and oxygen atoms in total. The second-order valence-corrected chi connectivity index (χ2v) is 12.0. The molecule has 1 fully saturated rings. The van der Waals surface area contributed by atoms with Crippen LogP contribution in [-0.4, -0.2) is 65.1 Å². The molecular weight excluding hydrogens is 575 g/mol. The Balaban J connectivity index is 1.47. The fraction of sp³-hybridized carbons (Fsp3) is 0.382. The van der Waals surface area contributed by atoms with Crippen LogP contribution in [0.5, 0.6) is 0 Å². The van der Waals surface area contributed by atoms with Crippen LogP contribution < -0.4 is 16.0 Å². The summed E-state index contributed by atoms with van der Waals surface area (Å²) in [5, 5.41) is 18.4. The minimum atomic E-state index is -0.793. The minimum absolute atomic E-state index is 0.214. The quantitative estimate of drug-likeness (QED) is 0.291. The third-order valence-corrected chi connectivity index (χ3v) is 7.32.